The number of thiophene rings is 1. The lowest BCUT2D eigenvalue weighted by Gasteiger charge is -2.20. The van der Waals surface area contributed by atoms with E-state index < -0.39 is 26.0 Å². The minimum atomic E-state index is -4.30. The summed E-state index contributed by atoms with van der Waals surface area (Å²) in [6.07, 6.45) is 2.50. The van der Waals surface area contributed by atoms with E-state index in [0.717, 1.165) is 40.2 Å². The molecule has 0 unspecified atom stereocenters. The van der Waals surface area contributed by atoms with Crippen LogP contribution in [0.1, 0.15) is 17.8 Å². The average molecular weight is 583 g/mol. The zero-order valence-electron chi connectivity index (χ0n) is 18.9. The molecule has 190 valence electrons. The highest BCUT2D eigenvalue weighted by Crippen LogP contribution is 2.47. The Morgan fingerprint density at radius 3 is 2.50 bits per heavy atom. The predicted octanol–water partition coefficient (Wildman–Crippen LogP) is 4.53. The van der Waals surface area contributed by atoms with Gasteiger partial charge in [0.1, 0.15) is 4.70 Å². The number of thiazole rings is 1. The second-order valence-corrected chi connectivity index (χ2v) is 14.5. The van der Waals surface area contributed by atoms with Gasteiger partial charge in [0.05, 0.1) is 32.7 Å². The standard InChI is InChI=1S/C23H22N2O6S5/c26-35(27,28)13-5-11-24-17-8-2-4-10-19(17)32-20(24)15-21-25(12-6-14-36(29,30)31)23-22(34-21)16-7-1-3-9-18(16)33-23/h1-4,7-10,15H,5-6,11-14H2,(H-,26,27,28,29,30,31). The fourth-order valence-electron chi connectivity index (χ4n) is 4.17. The molecule has 0 saturated heterocycles. The maximum absolute atomic E-state index is 11.3. The number of para-hydroxylation sites is 1. The number of thioether (sulfide) groups is 1. The van der Waals surface area contributed by atoms with E-state index in [1.54, 1.807) is 34.4 Å². The molecule has 8 nitrogen and oxygen atoms in total. The van der Waals surface area contributed by atoms with Gasteiger partial charge >= 0.3 is 0 Å². The third-order valence-corrected chi connectivity index (χ3v) is 10.9. The molecule has 0 bridgehead atoms. The van der Waals surface area contributed by atoms with Gasteiger partial charge in [-0.15, -0.1) is 0 Å². The zero-order valence-corrected chi connectivity index (χ0v) is 22.9. The molecule has 0 spiro atoms. The van der Waals surface area contributed by atoms with Crippen molar-refractivity contribution < 1.29 is 30.5 Å². The van der Waals surface area contributed by atoms with Gasteiger partial charge in [-0.2, -0.15) is 13.0 Å². The molecule has 0 atom stereocenters. The summed E-state index contributed by atoms with van der Waals surface area (Å²) in [6.45, 7) is 0.792. The smallest absolute Gasteiger partial charge is 0.281 e. The number of rotatable bonds is 9. The first-order valence-corrected chi connectivity index (χ1v) is 16.7. The minimum absolute atomic E-state index is 0.205. The SMILES string of the molecule is O=S(=O)([O-])CCCN1/C(=C/c2sc3c4ccccc4sc3[n+]2CCCS(=O)(=O)O)Sc2ccccc21. The van der Waals surface area contributed by atoms with Crippen LogP contribution in [-0.4, -0.2) is 44.0 Å². The fourth-order valence-corrected chi connectivity index (χ4v) is 9.01. The average Bonchev–Trinajstić information content (AvgIpc) is 3.43. The monoisotopic (exact) mass is 582 g/mol. The highest BCUT2D eigenvalue weighted by molar-refractivity contribution is 8.04. The molecule has 0 amide bonds. The van der Waals surface area contributed by atoms with Crippen molar-refractivity contribution in [2.75, 3.05) is 23.0 Å². The van der Waals surface area contributed by atoms with Gasteiger partial charge in [0, 0.05) is 33.7 Å². The normalized spacial score (nSPS) is 15.4. The number of aromatic nitrogens is 1. The van der Waals surface area contributed by atoms with Gasteiger partial charge < -0.3 is 9.45 Å². The Labute approximate surface area is 221 Å². The second-order valence-electron chi connectivity index (χ2n) is 8.28. The molecule has 2 aromatic carbocycles. The first-order valence-electron chi connectivity index (χ1n) is 11.1. The Hall–Kier alpha value is -2.00. The molecular weight excluding hydrogens is 561 g/mol. The van der Waals surface area contributed by atoms with E-state index >= 15 is 0 Å². The van der Waals surface area contributed by atoms with Gasteiger partial charge in [-0.25, -0.2) is 8.42 Å². The number of fused-ring (bicyclic) bond motifs is 4. The van der Waals surface area contributed by atoms with Gasteiger partial charge in [-0.05, 0) is 24.6 Å². The Balaban J connectivity index is 1.55. The molecular formula is C23H22N2O6S5. The van der Waals surface area contributed by atoms with Crippen LogP contribution in [0.2, 0.25) is 0 Å². The molecule has 1 aliphatic rings. The van der Waals surface area contributed by atoms with Crippen molar-refractivity contribution in [3.63, 3.8) is 0 Å². The van der Waals surface area contributed by atoms with Crippen molar-refractivity contribution in [2.24, 2.45) is 0 Å². The van der Waals surface area contributed by atoms with Crippen LogP contribution < -0.4 is 9.47 Å². The van der Waals surface area contributed by atoms with Crippen LogP contribution in [0.15, 0.2) is 58.5 Å². The van der Waals surface area contributed by atoms with Gasteiger partial charge in [0.15, 0.2) is 6.54 Å². The first-order chi connectivity index (χ1) is 17.1. The predicted molar refractivity (Wildman–Crippen MR) is 145 cm³/mol. The largest absolute Gasteiger partial charge is 0.748 e. The molecule has 4 aromatic rings. The van der Waals surface area contributed by atoms with Crippen molar-refractivity contribution in [3.05, 3.63) is 58.6 Å². The van der Waals surface area contributed by atoms with E-state index in [-0.39, 0.29) is 18.6 Å². The second kappa shape index (κ2) is 10.0. The van der Waals surface area contributed by atoms with Crippen LogP contribution >= 0.6 is 34.4 Å². The third kappa shape index (κ3) is 5.62. The van der Waals surface area contributed by atoms with Crippen molar-refractivity contribution >= 4 is 86.1 Å². The number of nitrogens with zero attached hydrogens (tertiary/aromatic N) is 2. The van der Waals surface area contributed by atoms with Crippen LogP contribution in [-0.2, 0) is 26.8 Å². The van der Waals surface area contributed by atoms with Gasteiger partial charge in [-0.1, -0.05) is 64.8 Å². The summed E-state index contributed by atoms with van der Waals surface area (Å²) in [4.78, 5) is 4.10. The number of aryl methyl sites for hydroxylation is 1. The molecule has 1 N–H and O–H groups in total. The summed E-state index contributed by atoms with van der Waals surface area (Å²) in [6, 6.07) is 15.9. The topological polar surface area (TPSA) is 119 Å². The van der Waals surface area contributed by atoms with Crippen molar-refractivity contribution in [1.29, 1.82) is 0 Å². The van der Waals surface area contributed by atoms with Crippen LogP contribution in [0.4, 0.5) is 5.69 Å². The lowest BCUT2D eigenvalue weighted by molar-refractivity contribution is -0.666. The first kappa shape index (κ1) is 25.6. The maximum Gasteiger partial charge on any atom is 0.281 e. The molecule has 0 saturated carbocycles. The number of hydrogen-bond acceptors (Lipinski definition) is 9. The number of hydrogen-bond donors (Lipinski definition) is 1. The van der Waals surface area contributed by atoms with Crippen LogP contribution in [0, 0.1) is 0 Å². The maximum atomic E-state index is 11.3. The summed E-state index contributed by atoms with van der Waals surface area (Å²) < 4.78 is 69.7. The van der Waals surface area contributed by atoms with Gasteiger partial charge in [0.2, 0.25) is 0 Å². The van der Waals surface area contributed by atoms with E-state index in [4.69, 9.17) is 0 Å². The van der Waals surface area contributed by atoms with E-state index in [2.05, 4.69) is 16.7 Å². The molecule has 3 heterocycles. The highest BCUT2D eigenvalue weighted by atomic mass is 32.2. The third-order valence-electron chi connectivity index (χ3n) is 5.69. The lowest BCUT2D eigenvalue weighted by Crippen LogP contribution is -2.35. The summed E-state index contributed by atoms with van der Waals surface area (Å²) in [5, 5.41) is 2.96. The molecule has 0 radical (unpaired) electrons. The van der Waals surface area contributed by atoms with Crippen LogP contribution in [0.25, 0.3) is 25.7 Å². The lowest BCUT2D eigenvalue weighted by atomic mass is 10.3. The highest BCUT2D eigenvalue weighted by Gasteiger charge is 2.29. The number of benzene rings is 2. The van der Waals surface area contributed by atoms with Gasteiger partial charge in [-0.3, -0.25) is 4.55 Å². The molecule has 0 fully saturated rings. The summed E-state index contributed by atoms with van der Waals surface area (Å²) in [5.41, 5.74) is 0.957. The summed E-state index contributed by atoms with van der Waals surface area (Å²) >= 11 is 4.82. The molecule has 13 heteroatoms. The zero-order chi connectivity index (χ0) is 25.5. The van der Waals surface area contributed by atoms with Gasteiger partial charge in [0.25, 0.3) is 20.0 Å². The Morgan fingerprint density at radius 2 is 1.72 bits per heavy atom. The summed E-state index contributed by atoms with van der Waals surface area (Å²) in [5.74, 6) is -0.756. The number of anilines is 1. The summed E-state index contributed by atoms with van der Waals surface area (Å²) in [7, 11) is -8.37. The van der Waals surface area contributed by atoms with E-state index in [0.29, 0.717) is 13.1 Å². The molecule has 5 rings (SSSR count). The molecule has 36 heavy (non-hydrogen) atoms. The molecule has 1 aliphatic heterocycles. The van der Waals surface area contributed by atoms with Crippen LogP contribution in [0.5, 0.6) is 0 Å². The fraction of sp³-hybridized carbons (Fsp3) is 0.261. The Bertz CT molecular complexity index is 1690. The van der Waals surface area contributed by atoms with E-state index in [9.17, 15) is 25.9 Å². The minimum Gasteiger partial charge on any atom is -0.748 e. The quantitative estimate of drug-likeness (QED) is 0.226. The van der Waals surface area contributed by atoms with E-state index in [1.165, 1.54) is 0 Å². The van der Waals surface area contributed by atoms with E-state index in [1.807, 2.05) is 47.4 Å². The molecule has 0 aliphatic carbocycles. The van der Waals surface area contributed by atoms with Crippen molar-refractivity contribution in [3.8, 4) is 0 Å². The Morgan fingerprint density at radius 1 is 0.972 bits per heavy atom. The van der Waals surface area contributed by atoms with Crippen LogP contribution in [0.3, 0.4) is 0 Å². The molecule has 2 aromatic heterocycles. The Kier molecular flexibility index (Phi) is 7.15. The van der Waals surface area contributed by atoms with Crippen molar-refractivity contribution in [2.45, 2.75) is 24.3 Å². The van der Waals surface area contributed by atoms with Crippen molar-refractivity contribution in [1.82, 2.24) is 0 Å².